The number of nitrogens with two attached hydrogens (primary N) is 1. The molecule has 0 bridgehead atoms. The van der Waals surface area contributed by atoms with Crippen LogP contribution in [0.5, 0.6) is 0 Å². The number of hydrogen-bond donors (Lipinski definition) is 2. The minimum atomic E-state index is 0.200. The maximum atomic E-state index is 5.36. The number of ether oxygens (including phenoxy) is 1. The van der Waals surface area contributed by atoms with Crippen molar-refractivity contribution in [1.82, 2.24) is 10.2 Å². The summed E-state index contributed by atoms with van der Waals surface area (Å²) in [5.41, 5.74) is 5.36. The van der Waals surface area contributed by atoms with Crippen LogP contribution in [0.25, 0.3) is 0 Å². The Morgan fingerprint density at radius 2 is 2.33 bits per heavy atom. The molecule has 1 aromatic heterocycles. The summed E-state index contributed by atoms with van der Waals surface area (Å²) in [6.45, 7) is 3.00. The van der Waals surface area contributed by atoms with Crippen molar-refractivity contribution in [2.75, 3.05) is 19.0 Å². The smallest absolute Gasteiger partial charge is 0.315 e. The SMILES string of the molecule is CCCC(COC)Nc1nnc(CN)o1. The zero-order chi connectivity index (χ0) is 11.1. The number of anilines is 1. The van der Waals surface area contributed by atoms with Crippen LogP contribution in [0.3, 0.4) is 0 Å². The zero-order valence-electron chi connectivity index (χ0n) is 9.19. The third kappa shape index (κ3) is 3.85. The number of hydrogen-bond acceptors (Lipinski definition) is 6. The van der Waals surface area contributed by atoms with Crippen LogP contribution in [0.15, 0.2) is 4.42 Å². The molecule has 0 saturated carbocycles. The summed E-state index contributed by atoms with van der Waals surface area (Å²) >= 11 is 0. The molecule has 15 heavy (non-hydrogen) atoms. The molecule has 6 heteroatoms. The van der Waals surface area contributed by atoms with Crippen LogP contribution in [0.2, 0.25) is 0 Å². The largest absolute Gasteiger partial charge is 0.407 e. The van der Waals surface area contributed by atoms with E-state index in [9.17, 15) is 0 Å². The van der Waals surface area contributed by atoms with Crippen molar-refractivity contribution >= 4 is 6.01 Å². The quantitative estimate of drug-likeness (QED) is 0.696. The highest BCUT2D eigenvalue weighted by atomic mass is 16.5. The minimum Gasteiger partial charge on any atom is -0.407 e. The van der Waals surface area contributed by atoms with Crippen molar-refractivity contribution in [2.24, 2.45) is 5.73 Å². The summed E-state index contributed by atoms with van der Waals surface area (Å²) in [6, 6.07) is 0.608. The maximum absolute atomic E-state index is 5.36. The molecule has 0 aliphatic rings. The van der Waals surface area contributed by atoms with Gasteiger partial charge in [-0.05, 0) is 6.42 Å². The molecule has 0 radical (unpaired) electrons. The fourth-order valence-electron chi connectivity index (χ4n) is 1.32. The Bertz CT molecular complexity index is 271. The number of nitrogens with one attached hydrogen (secondary N) is 1. The van der Waals surface area contributed by atoms with E-state index >= 15 is 0 Å². The number of rotatable bonds is 7. The lowest BCUT2D eigenvalue weighted by Crippen LogP contribution is -2.24. The van der Waals surface area contributed by atoms with Crippen LogP contribution in [0.4, 0.5) is 6.01 Å². The first-order chi connectivity index (χ1) is 7.30. The Kier molecular flexibility index (Phi) is 5.06. The Balaban J connectivity index is 2.48. The lowest BCUT2D eigenvalue weighted by atomic mass is 10.2. The van der Waals surface area contributed by atoms with Gasteiger partial charge in [-0.1, -0.05) is 18.4 Å². The monoisotopic (exact) mass is 214 g/mol. The number of methoxy groups -OCH3 is 1. The molecule has 1 unspecified atom stereocenters. The molecule has 1 atom stereocenters. The van der Waals surface area contributed by atoms with Gasteiger partial charge in [-0.2, -0.15) is 0 Å². The number of aromatic nitrogens is 2. The first kappa shape index (κ1) is 11.9. The molecule has 86 valence electrons. The van der Waals surface area contributed by atoms with Crippen molar-refractivity contribution in [3.63, 3.8) is 0 Å². The van der Waals surface area contributed by atoms with Gasteiger partial charge in [-0.15, -0.1) is 5.10 Å². The van der Waals surface area contributed by atoms with Gasteiger partial charge in [0.15, 0.2) is 0 Å². The lowest BCUT2D eigenvalue weighted by Gasteiger charge is -2.14. The Labute approximate surface area is 89.2 Å². The second-order valence-electron chi connectivity index (χ2n) is 3.29. The molecule has 6 nitrogen and oxygen atoms in total. The van der Waals surface area contributed by atoms with Gasteiger partial charge in [-0.3, -0.25) is 0 Å². The van der Waals surface area contributed by atoms with Crippen LogP contribution in [-0.4, -0.2) is 30.0 Å². The molecule has 1 aromatic rings. The molecule has 0 amide bonds. The summed E-state index contributed by atoms with van der Waals surface area (Å²) in [5, 5.41) is 10.7. The van der Waals surface area contributed by atoms with Gasteiger partial charge in [0, 0.05) is 7.11 Å². The van der Waals surface area contributed by atoms with Gasteiger partial charge in [-0.25, -0.2) is 0 Å². The molecule has 0 aliphatic heterocycles. The average molecular weight is 214 g/mol. The molecule has 0 spiro atoms. The van der Waals surface area contributed by atoms with E-state index in [0.29, 0.717) is 18.5 Å². The molecule has 1 heterocycles. The van der Waals surface area contributed by atoms with Crippen molar-refractivity contribution in [3.05, 3.63) is 5.89 Å². The van der Waals surface area contributed by atoms with E-state index in [1.54, 1.807) is 7.11 Å². The van der Waals surface area contributed by atoms with Crippen LogP contribution >= 0.6 is 0 Å². The van der Waals surface area contributed by atoms with E-state index in [2.05, 4.69) is 22.4 Å². The topological polar surface area (TPSA) is 86.2 Å². The van der Waals surface area contributed by atoms with Crippen LogP contribution in [0, 0.1) is 0 Å². The molecular formula is C9H18N4O2. The van der Waals surface area contributed by atoms with Gasteiger partial charge in [0.05, 0.1) is 19.2 Å². The highest BCUT2D eigenvalue weighted by Gasteiger charge is 2.11. The maximum Gasteiger partial charge on any atom is 0.315 e. The fourth-order valence-corrected chi connectivity index (χ4v) is 1.32. The highest BCUT2D eigenvalue weighted by molar-refractivity contribution is 5.19. The average Bonchev–Trinajstić information content (AvgIpc) is 2.66. The predicted octanol–water partition coefficient (Wildman–Crippen LogP) is 0.755. The fraction of sp³-hybridized carbons (Fsp3) is 0.778. The second-order valence-corrected chi connectivity index (χ2v) is 3.29. The van der Waals surface area contributed by atoms with Crippen molar-refractivity contribution < 1.29 is 9.15 Å². The third-order valence-corrected chi connectivity index (χ3v) is 1.97. The minimum absolute atomic E-state index is 0.200. The third-order valence-electron chi connectivity index (χ3n) is 1.97. The zero-order valence-corrected chi connectivity index (χ0v) is 9.19. The van der Waals surface area contributed by atoms with Gasteiger partial charge in [0.1, 0.15) is 0 Å². The molecule has 0 fully saturated rings. The van der Waals surface area contributed by atoms with E-state index in [1.165, 1.54) is 0 Å². The molecule has 0 aliphatic carbocycles. The van der Waals surface area contributed by atoms with Gasteiger partial charge in [0.25, 0.3) is 0 Å². The van der Waals surface area contributed by atoms with Crippen LogP contribution in [0.1, 0.15) is 25.7 Å². The van der Waals surface area contributed by atoms with Gasteiger partial charge in [0.2, 0.25) is 5.89 Å². The molecule has 0 saturated heterocycles. The van der Waals surface area contributed by atoms with Crippen molar-refractivity contribution in [1.29, 1.82) is 0 Å². The first-order valence-corrected chi connectivity index (χ1v) is 5.08. The van der Waals surface area contributed by atoms with Crippen molar-refractivity contribution in [2.45, 2.75) is 32.4 Å². The molecular weight excluding hydrogens is 196 g/mol. The first-order valence-electron chi connectivity index (χ1n) is 5.08. The van der Waals surface area contributed by atoms with Gasteiger partial charge < -0.3 is 20.2 Å². The summed E-state index contributed by atoms with van der Waals surface area (Å²) in [6.07, 6.45) is 2.06. The Morgan fingerprint density at radius 1 is 1.53 bits per heavy atom. The highest BCUT2D eigenvalue weighted by Crippen LogP contribution is 2.09. The van der Waals surface area contributed by atoms with E-state index < -0.39 is 0 Å². The second kappa shape index (κ2) is 6.36. The summed E-state index contributed by atoms with van der Waals surface area (Å²) < 4.78 is 10.3. The molecule has 1 rings (SSSR count). The number of nitrogens with zero attached hydrogens (tertiary/aromatic N) is 2. The van der Waals surface area contributed by atoms with E-state index in [-0.39, 0.29) is 12.6 Å². The van der Waals surface area contributed by atoms with E-state index in [4.69, 9.17) is 14.9 Å². The summed E-state index contributed by atoms with van der Waals surface area (Å²) in [5.74, 6) is 0.435. The van der Waals surface area contributed by atoms with E-state index in [0.717, 1.165) is 12.8 Å². The Morgan fingerprint density at radius 3 is 2.87 bits per heavy atom. The normalized spacial score (nSPS) is 12.7. The summed E-state index contributed by atoms with van der Waals surface area (Å²) in [4.78, 5) is 0. The van der Waals surface area contributed by atoms with E-state index in [1.807, 2.05) is 0 Å². The molecule has 0 aromatic carbocycles. The molecule has 3 N–H and O–H groups in total. The predicted molar refractivity (Wildman–Crippen MR) is 56.4 cm³/mol. The standard InChI is InChI=1S/C9H18N4O2/c1-3-4-7(6-14-2)11-9-13-12-8(5-10)15-9/h7H,3-6,10H2,1-2H3,(H,11,13). The lowest BCUT2D eigenvalue weighted by molar-refractivity contribution is 0.181. The van der Waals surface area contributed by atoms with Crippen LogP contribution < -0.4 is 11.1 Å². The van der Waals surface area contributed by atoms with Crippen molar-refractivity contribution in [3.8, 4) is 0 Å². The summed E-state index contributed by atoms with van der Waals surface area (Å²) in [7, 11) is 1.67. The van der Waals surface area contributed by atoms with Gasteiger partial charge >= 0.3 is 6.01 Å². The Hall–Kier alpha value is -1.14. The van der Waals surface area contributed by atoms with Crippen LogP contribution in [-0.2, 0) is 11.3 Å².